The van der Waals surface area contributed by atoms with Crippen molar-refractivity contribution in [1.29, 1.82) is 0 Å². The molecule has 0 aliphatic carbocycles. The average molecular weight is 236 g/mol. The molecule has 76 valence electrons. The molecule has 0 spiro atoms. The molecule has 0 fully saturated rings. The van der Waals surface area contributed by atoms with Crippen molar-refractivity contribution < 1.29 is 4.21 Å². The van der Waals surface area contributed by atoms with Crippen molar-refractivity contribution in [3.05, 3.63) is 24.1 Å². The van der Waals surface area contributed by atoms with Crippen LogP contribution in [0, 0.1) is 0 Å². The maximum atomic E-state index is 11.5. The summed E-state index contributed by atoms with van der Waals surface area (Å²) in [6.07, 6.45) is 4.65. The summed E-state index contributed by atoms with van der Waals surface area (Å²) >= 11 is 0. The van der Waals surface area contributed by atoms with Gasteiger partial charge < -0.3 is 0 Å². The molecule has 2 atom stereocenters. The summed E-state index contributed by atoms with van der Waals surface area (Å²) in [7, 11) is 2.57. The van der Waals surface area contributed by atoms with Gasteiger partial charge in [0.05, 0.1) is 15.4 Å². The Morgan fingerprint density at radius 1 is 1.62 bits per heavy atom. The molecule has 0 bridgehead atoms. The Labute approximate surface area is 91.3 Å². The van der Waals surface area contributed by atoms with Crippen LogP contribution in [0.2, 0.25) is 0 Å². The number of allylic oxidation sites excluding steroid dienone is 1. The SMILES string of the molecule is C=CCSSC(CC)S(=O)/C=C/C. The molecule has 0 N–H and O–H groups in total. The van der Waals surface area contributed by atoms with Crippen molar-refractivity contribution in [2.24, 2.45) is 0 Å². The van der Waals surface area contributed by atoms with Crippen LogP contribution in [0.4, 0.5) is 0 Å². The first-order valence-electron chi connectivity index (χ1n) is 4.17. The van der Waals surface area contributed by atoms with E-state index in [0.717, 1.165) is 12.2 Å². The quantitative estimate of drug-likeness (QED) is 0.382. The average Bonchev–Trinajstić information content (AvgIpc) is 2.13. The molecule has 0 rings (SSSR count). The minimum atomic E-state index is -0.834. The maximum absolute atomic E-state index is 11.5. The Morgan fingerprint density at radius 3 is 2.77 bits per heavy atom. The highest BCUT2D eigenvalue weighted by Gasteiger charge is 2.12. The third-order valence-electron chi connectivity index (χ3n) is 1.22. The highest BCUT2D eigenvalue weighted by molar-refractivity contribution is 8.78. The molecule has 0 radical (unpaired) electrons. The van der Waals surface area contributed by atoms with Gasteiger partial charge in [0.15, 0.2) is 0 Å². The molecule has 0 aromatic carbocycles. The van der Waals surface area contributed by atoms with Crippen LogP contribution in [0.5, 0.6) is 0 Å². The zero-order valence-electron chi connectivity index (χ0n) is 8.06. The van der Waals surface area contributed by atoms with E-state index in [0.29, 0.717) is 0 Å². The first kappa shape index (κ1) is 13.3. The summed E-state index contributed by atoms with van der Waals surface area (Å²) in [6.45, 7) is 7.60. The van der Waals surface area contributed by atoms with Crippen LogP contribution in [0.25, 0.3) is 0 Å². The van der Waals surface area contributed by atoms with Gasteiger partial charge in [0.2, 0.25) is 0 Å². The zero-order chi connectivity index (χ0) is 10.1. The van der Waals surface area contributed by atoms with E-state index in [1.807, 2.05) is 19.1 Å². The largest absolute Gasteiger partial charge is 0.254 e. The molecular weight excluding hydrogens is 220 g/mol. The summed E-state index contributed by atoms with van der Waals surface area (Å²) < 4.78 is 11.7. The molecule has 0 saturated carbocycles. The van der Waals surface area contributed by atoms with Gasteiger partial charge in [0.1, 0.15) is 0 Å². The van der Waals surface area contributed by atoms with E-state index in [1.54, 1.807) is 27.0 Å². The Morgan fingerprint density at radius 2 is 2.31 bits per heavy atom. The van der Waals surface area contributed by atoms with E-state index >= 15 is 0 Å². The predicted octanol–water partition coefficient (Wildman–Crippen LogP) is 3.57. The molecule has 13 heavy (non-hydrogen) atoms. The van der Waals surface area contributed by atoms with Gasteiger partial charge in [-0.2, -0.15) is 0 Å². The van der Waals surface area contributed by atoms with E-state index < -0.39 is 10.8 Å². The highest BCUT2D eigenvalue weighted by Crippen LogP contribution is 2.31. The summed E-state index contributed by atoms with van der Waals surface area (Å²) in [5.41, 5.74) is 0. The normalized spacial score (nSPS) is 15.8. The van der Waals surface area contributed by atoms with Crippen LogP contribution in [-0.4, -0.2) is 14.5 Å². The van der Waals surface area contributed by atoms with Crippen LogP contribution >= 0.6 is 21.6 Å². The molecule has 0 aromatic heterocycles. The number of hydrogen-bond acceptors (Lipinski definition) is 3. The minimum absolute atomic E-state index is 0.209. The maximum Gasteiger partial charge on any atom is 0.0942 e. The van der Waals surface area contributed by atoms with Crippen LogP contribution in [0.1, 0.15) is 20.3 Å². The fourth-order valence-electron chi connectivity index (χ4n) is 0.656. The Kier molecular flexibility index (Phi) is 9.13. The van der Waals surface area contributed by atoms with Crippen LogP contribution in [0.3, 0.4) is 0 Å². The molecule has 0 aliphatic heterocycles. The molecule has 0 aliphatic rings. The first-order chi connectivity index (χ1) is 6.26. The van der Waals surface area contributed by atoms with Gasteiger partial charge in [-0.1, -0.05) is 40.7 Å². The summed E-state index contributed by atoms with van der Waals surface area (Å²) in [5, 5.41) is 1.76. The van der Waals surface area contributed by atoms with E-state index in [2.05, 4.69) is 13.5 Å². The van der Waals surface area contributed by atoms with E-state index in [1.165, 1.54) is 0 Å². The van der Waals surface area contributed by atoms with Gasteiger partial charge in [0.25, 0.3) is 0 Å². The predicted molar refractivity (Wildman–Crippen MR) is 67.3 cm³/mol. The van der Waals surface area contributed by atoms with Gasteiger partial charge in [-0.15, -0.1) is 6.58 Å². The van der Waals surface area contributed by atoms with E-state index in [-0.39, 0.29) is 4.58 Å². The van der Waals surface area contributed by atoms with Gasteiger partial charge in [-0.05, 0) is 18.8 Å². The van der Waals surface area contributed by atoms with E-state index in [9.17, 15) is 4.21 Å². The fraction of sp³-hybridized carbons (Fsp3) is 0.556. The lowest BCUT2D eigenvalue weighted by atomic mass is 10.6. The van der Waals surface area contributed by atoms with Crippen LogP contribution in [-0.2, 0) is 10.8 Å². The molecule has 0 saturated heterocycles. The van der Waals surface area contributed by atoms with Crippen molar-refractivity contribution in [2.45, 2.75) is 24.9 Å². The molecule has 0 amide bonds. The number of rotatable bonds is 7. The second-order valence-corrected chi connectivity index (χ2v) is 6.72. The number of hydrogen-bond donors (Lipinski definition) is 0. The van der Waals surface area contributed by atoms with Crippen LogP contribution in [0.15, 0.2) is 24.1 Å². The molecule has 2 unspecified atom stereocenters. The molecule has 0 heterocycles. The van der Waals surface area contributed by atoms with E-state index in [4.69, 9.17) is 0 Å². The third-order valence-corrected chi connectivity index (χ3v) is 6.41. The lowest BCUT2D eigenvalue weighted by Gasteiger charge is -2.09. The fourth-order valence-corrected chi connectivity index (χ4v) is 4.98. The lowest BCUT2D eigenvalue weighted by molar-refractivity contribution is 0.685. The molecular formula is C9H16OS3. The Bertz CT molecular complexity index is 189. The molecule has 1 nitrogen and oxygen atoms in total. The van der Waals surface area contributed by atoms with Crippen molar-refractivity contribution in [3.63, 3.8) is 0 Å². The van der Waals surface area contributed by atoms with Crippen LogP contribution < -0.4 is 0 Å². The van der Waals surface area contributed by atoms with Crippen molar-refractivity contribution in [3.8, 4) is 0 Å². The van der Waals surface area contributed by atoms with Crippen molar-refractivity contribution in [1.82, 2.24) is 0 Å². The second-order valence-electron chi connectivity index (χ2n) is 2.31. The van der Waals surface area contributed by atoms with Gasteiger partial charge in [-0.3, -0.25) is 4.21 Å². The smallest absolute Gasteiger partial charge is 0.0942 e. The highest BCUT2D eigenvalue weighted by atomic mass is 33.1. The van der Waals surface area contributed by atoms with Crippen molar-refractivity contribution in [2.75, 3.05) is 5.75 Å². The summed E-state index contributed by atoms with van der Waals surface area (Å²) in [4.78, 5) is 0. The monoisotopic (exact) mass is 236 g/mol. The zero-order valence-corrected chi connectivity index (χ0v) is 10.5. The van der Waals surface area contributed by atoms with Gasteiger partial charge in [-0.25, -0.2) is 0 Å². The van der Waals surface area contributed by atoms with Gasteiger partial charge >= 0.3 is 0 Å². The lowest BCUT2D eigenvalue weighted by Crippen LogP contribution is -2.05. The second kappa shape index (κ2) is 8.91. The Balaban J connectivity index is 3.87. The first-order valence-corrected chi connectivity index (χ1v) is 7.83. The topological polar surface area (TPSA) is 17.1 Å². The Hall–Kier alpha value is 0.330. The minimum Gasteiger partial charge on any atom is -0.254 e. The summed E-state index contributed by atoms with van der Waals surface area (Å²) in [5.74, 6) is 0.911. The molecule has 4 heteroatoms. The van der Waals surface area contributed by atoms with Gasteiger partial charge in [0, 0.05) is 5.75 Å². The third kappa shape index (κ3) is 6.41. The van der Waals surface area contributed by atoms with Crippen molar-refractivity contribution >= 4 is 32.4 Å². The standard InChI is InChI=1S/C9H16OS3/c1-4-7-11-12-9(6-3)13(10)8-5-2/h4-5,8-9H,1,6-7H2,2-3H3/b8-5+. The summed E-state index contributed by atoms with van der Waals surface area (Å²) in [6, 6.07) is 0. The molecule has 0 aromatic rings.